The number of piperidine rings is 1. The summed E-state index contributed by atoms with van der Waals surface area (Å²) in [6, 6.07) is 6.91. The summed E-state index contributed by atoms with van der Waals surface area (Å²) >= 11 is 0. The molecule has 0 radical (unpaired) electrons. The fraction of sp³-hybridized carbons (Fsp3) is 0.632. The highest BCUT2D eigenvalue weighted by Gasteiger charge is 2.29. The van der Waals surface area contributed by atoms with Gasteiger partial charge in [0.2, 0.25) is 10.0 Å². The van der Waals surface area contributed by atoms with Gasteiger partial charge in [-0.15, -0.1) is 12.4 Å². The van der Waals surface area contributed by atoms with Crippen LogP contribution in [0.5, 0.6) is 0 Å². The van der Waals surface area contributed by atoms with Crippen molar-refractivity contribution >= 4 is 28.3 Å². The normalized spacial score (nSPS) is 21.0. The lowest BCUT2D eigenvalue weighted by Gasteiger charge is -2.32. The van der Waals surface area contributed by atoms with Gasteiger partial charge in [0.25, 0.3) is 5.91 Å². The molecule has 3 fully saturated rings. The van der Waals surface area contributed by atoms with E-state index in [9.17, 15) is 13.2 Å². The number of hydrogen-bond donors (Lipinski definition) is 2. The van der Waals surface area contributed by atoms with Crippen molar-refractivity contribution in [3.63, 3.8) is 0 Å². The Bertz CT molecular complexity index is 753. The second kappa shape index (κ2) is 8.47. The van der Waals surface area contributed by atoms with Crippen molar-refractivity contribution in [3.8, 4) is 0 Å². The van der Waals surface area contributed by atoms with E-state index in [1.807, 2.05) is 4.90 Å². The number of nitrogens with one attached hydrogen (secondary N) is 2. The Labute approximate surface area is 167 Å². The van der Waals surface area contributed by atoms with Gasteiger partial charge in [0, 0.05) is 30.7 Å². The third-order valence-electron chi connectivity index (χ3n) is 5.49. The highest BCUT2D eigenvalue weighted by atomic mass is 35.5. The number of benzene rings is 1. The summed E-state index contributed by atoms with van der Waals surface area (Å²) in [5.74, 6) is 0.864. The van der Waals surface area contributed by atoms with E-state index in [1.54, 1.807) is 12.1 Å². The molecule has 1 aromatic rings. The van der Waals surface area contributed by atoms with E-state index in [0.29, 0.717) is 11.6 Å². The zero-order valence-corrected chi connectivity index (χ0v) is 17.0. The van der Waals surface area contributed by atoms with Gasteiger partial charge in [-0.2, -0.15) is 0 Å². The summed E-state index contributed by atoms with van der Waals surface area (Å²) in [4.78, 5) is 14.8. The van der Waals surface area contributed by atoms with Crippen molar-refractivity contribution in [3.05, 3.63) is 29.8 Å². The lowest BCUT2D eigenvalue weighted by molar-refractivity contribution is 0.0705. The number of nitrogens with zero attached hydrogens (tertiary/aromatic N) is 1. The quantitative estimate of drug-likeness (QED) is 0.717. The van der Waals surface area contributed by atoms with E-state index >= 15 is 0 Å². The summed E-state index contributed by atoms with van der Waals surface area (Å²) in [6.45, 7) is 2.62. The molecular formula is C19H28ClN3O3S. The van der Waals surface area contributed by atoms with Crippen LogP contribution in [0.2, 0.25) is 0 Å². The Morgan fingerprint density at radius 2 is 1.59 bits per heavy atom. The minimum atomic E-state index is -3.46. The number of halogens is 1. The molecule has 27 heavy (non-hydrogen) atoms. The van der Waals surface area contributed by atoms with E-state index in [0.717, 1.165) is 51.2 Å². The van der Waals surface area contributed by atoms with Gasteiger partial charge in [0.1, 0.15) is 0 Å². The van der Waals surface area contributed by atoms with Crippen LogP contribution in [0.1, 0.15) is 48.9 Å². The van der Waals surface area contributed by atoms with Crippen LogP contribution in [0.25, 0.3) is 0 Å². The summed E-state index contributed by atoms with van der Waals surface area (Å²) in [7, 11) is -3.46. The lowest BCUT2D eigenvalue weighted by atomic mass is 10.0. The Balaban J connectivity index is 0.00000210. The molecule has 2 N–H and O–H groups in total. The van der Waals surface area contributed by atoms with E-state index in [-0.39, 0.29) is 29.3 Å². The molecule has 0 unspecified atom stereocenters. The van der Waals surface area contributed by atoms with Crippen molar-refractivity contribution in [2.24, 2.45) is 5.92 Å². The molecule has 2 saturated carbocycles. The summed E-state index contributed by atoms with van der Waals surface area (Å²) in [5, 5.41) is 3.62. The lowest BCUT2D eigenvalue weighted by Crippen LogP contribution is -2.45. The van der Waals surface area contributed by atoms with Crippen LogP contribution in [-0.4, -0.2) is 50.9 Å². The fourth-order valence-electron chi connectivity index (χ4n) is 3.39. The predicted octanol–water partition coefficient (Wildman–Crippen LogP) is 2.15. The number of rotatable bonds is 7. The number of amides is 1. The largest absolute Gasteiger partial charge is 0.339 e. The first kappa shape index (κ1) is 20.6. The van der Waals surface area contributed by atoms with Crippen molar-refractivity contribution in [2.45, 2.75) is 55.5 Å². The van der Waals surface area contributed by atoms with Gasteiger partial charge in [-0.1, -0.05) is 0 Å². The molecule has 0 aromatic heterocycles. The monoisotopic (exact) mass is 413 g/mol. The molecule has 8 heteroatoms. The Hall–Kier alpha value is -1.15. The molecule has 1 amide bonds. The SMILES string of the molecule is Cl.O=C(c1ccc(S(=O)(=O)NC2CC2)cc1)N1CCC(NCC2CC2)CC1. The van der Waals surface area contributed by atoms with Crippen LogP contribution in [-0.2, 0) is 10.0 Å². The second-order valence-corrected chi connectivity index (χ2v) is 9.55. The first-order valence-corrected chi connectivity index (χ1v) is 11.1. The Morgan fingerprint density at radius 3 is 2.15 bits per heavy atom. The molecule has 1 heterocycles. The highest BCUT2D eigenvalue weighted by Crippen LogP contribution is 2.28. The van der Waals surface area contributed by atoms with Gasteiger partial charge in [-0.05, 0) is 75.3 Å². The Morgan fingerprint density at radius 1 is 0.963 bits per heavy atom. The molecular weight excluding hydrogens is 386 g/mol. The van der Waals surface area contributed by atoms with Gasteiger partial charge < -0.3 is 10.2 Å². The number of sulfonamides is 1. The van der Waals surface area contributed by atoms with Crippen molar-refractivity contribution in [2.75, 3.05) is 19.6 Å². The minimum Gasteiger partial charge on any atom is -0.339 e. The smallest absolute Gasteiger partial charge is 0.253 e. The van der Waals surface area contributed by atoms with Crippen LogP contribution in [0.4, 0.5) is 0 Å². The standard InChI is InChI=1S/C19H27N3O3S.ClH/c23-19(22-11-9-16(10-12-22)20-13-14-1-2-14)15-3-7-18(8-4-15)26(24,25)21-17-5-6-17;/h3-4,7-8,14,16-17,20-21H,1-2,5-6,9-13H2;1H. The Kier molecular flexibility index (Phi) is 6.46. The average Bonchev–Trinajstić information content (AvgIpc) is 3.56. The van der Waals surface area contributed by atoms with Crippen molar-refractivity contribution in [1.82, 2.24) is 14.9 Å². The molecule has 1 saturated heterocycles. The van der Waals surface area contributed by atoms with E-state index in [1.165, 1.54) is 25.0 Å². The number of likely N-dealkylation sites (tertiary alicyclic amines) is 1. The van der Waals surface area contributed by atoms with Crippen molar-refractivity contribution < 1.29 is 13.2 Å². The zero-order chi connectivity index (χ0) is 18.1. The molecule has 0 spiro atoms. The average molecular weight is 414 g/mol. The molecule has 0 bridgehead atoms. The summed E-state index contributed by atoms with van der Waals surface area (Å²) < 4.78 is 27.1. The maximum atomic E-state index is 12.7. The molecule has 150 valence electrons. The molecule has 2 aliphatic carbocycles. The highest BCUT2D eigenvalue weighted by molar-refractivity contribution is 7.89. The molecule has 1 aliphatic heterocycles. The van der Waals surface area contributed by atoms with Gasteiger partial charge in [-0.3, -0.25) is 4.79 Å². The van der Waals surface area contributed by atoms with Gasteiger partial charge in [0.15, 0.2) is 0 Å². The molecule has 1 aromatic carbocycles. The summed E-state index contributed by atoms with van der Waals surface area (Å²) in [6.07, 6.45) is 6.48. The first-order chi connectivity index (χ1) is 12.5. The van der Waals surface area contributed by atoms with E-state index in [4.69, 9.17) is 0 Å². The second-order valence-electron chi connectivity index (χ2n) is 7.84. The van der Waals surface area contributed by atoms with Crippen LogP contribution in [0.15, 0.2) is 29.2 Å². The third-order valence-corrected chi connectivity index (χ3v) is 7.02. The minimum absolute atomic E-state index is 0. The number of carbonyl (C=O) groups is 1. The van der Waals surface area contributed by atoms with Gasteiger partial charge in [-0.25, -0.2) is 13.1 Å². The van der Waals surface area contributed by atoms with Crippen molar-refractivity contribution in [1.29, 1.82) is 0 Å². The third kappa shape index (κ3) is 5.44. The summed E-state index contributed by atoms with van der Waals surface area (Å²) in [5.41, 5.74) is 0.555. The zero-order valence-electron chi connectivity index (χ0n) is 15.4. The van der Waals surface area contributed by atoms with Crippen LogP contribution >= 0.6 is 12.4 Å². The molecule has 3 aliphatic rings. The number of carbonyl (C=O) groups excluding carboxylic acids is 1. The van der Waals surface area contributed by atoms with Gasteiger partial charge in [0.05, 0.1) is 4.90 Å². The van der Waals surface area contributed by atoms with Crippen LogP contribution < -0.4 is 10.0 Å². The maximum Gasteiger partial charge on any atom is 0.253 e. The topological polar surface area (TPSA) is 78.5 Å². The molecule has 4 rings (SSSR count). The number of hydrogen-bond acceptors (Lipinski definition) is 4. The maximum absolute atomic E-state index is 12.7. The fourth-order valence-corrected chi connectivity index (χ4v) is 4.69. The van der Waals surface area contributed by atoms with Gasteiger partial charge >= 0.3 is 0 Å². The van der Waals surface area contributed by atoms with Crippen LogP contribution in [0, 0.1) is 5.92 Å². The molecule has 0 atom stereocenters. The first-order valence-electron chi connectivity index (χ1n) is 9.66. The predicted molar refractivity (Wildman–Crippen MR) is 107 cm³/mol. The molecule has 6 nitrogen and oxygen atoms in total. The van der Waals surface area contributed by atoms with E-state index < -0.39 is 10.0 Å². The van der Waals surface area contributed by atoms with Crippen LogP contribution in [0.3, 0.4) is 0 Å². The van der Waals surface area contributed by atoms with E-state index in [2.05, 4.69) is 10.0 Å².